The Hall–Kier alpha value is -2.60. The molecule has 0 bridgehead atoms. The zero-order chi connectivity index (χ0) is 20.1. The molecule has 1 aromatic carbocycles. The minimum Gasteiger partial charge on any atom is -0.493 e. The van der Waals surface area contributed by atoms with E-state index in [1.165, 1.54) is 32.0 Å². The van der Waals surface area contributed by atoms with Crippen LogP contribution in [-0.2, 0) is 4.79 Å². The van der Waals surface area contributed by atoms with Crippen molar-refractivity contribution in [2.24, 2.45) is 5.92 Å². The van der Waals surface area contributed by atoms with Gasteiger partial charge >= 0.3 is 0 Å². The van der Waals surface area contributed by atoms with Crippen molar-refractivity contribution < 1.29 is 18.7 Å². The molecule has 1 fully saturated rings. The van der Waals surface area contributed by atoms with Crippen LogP contribution in [0.15, 0.2) is 36.5 Å². The highest BCUT2D eigenvalue weighted by Crippen LogP contribution is 2.34. The van der Waals surface area contributed by atoms with Gasteiger partial charge in [-0.25, -0.2) is 9.37 Å². The maximum atomic E-state index is 14.3. The second kappa shape index (κ2) is 9.06. The number of nitrogens with one attached hydrogen (secondary N) is 1. The molecule has 1 aliphatic carbocycles. The van der Waals surface area contributed by atoms with E-state index in [4.69, 9.17) is 21.1 Å². The lowest BCUT2D eigenvalue weighted by Gasteiger charge is -2.10. The van der Waals surface area contributed by atoms with Crippen molar-refractivity contribution in [2.75, 3.05) is 6.61 Å². The van der Waals surface area contributed by atoms with Crippen LogP contribution >= 0.6 is 11.6 Å². The zero-order valence-corrected chi connectivity index (χ0v) is 16.5. The lowest BCUT2D eigenvalue weighted by Crippen LogP contribution is -2.28. The highest BCUT2D eigenvalue weighted by atomic mass is 35.5. The van der Waals surface area contributed by atoms with E-state index in [1.807, 2.05) is 6.92 Å². The largest absolute Gasteiger partial charge is 0.493 e. The summed E-state index contributed by atoms with van der Waals surface area (Å²) in [5.74, 6) is 0.689. The Kier molecular flexibility index (Phi) is 6.52. The Morgan fingerprint density at radius 1 is 1.43 bits per heavy atom. The first kappa shape index (κ1) is 20.1. The standard InChI is InChI=1S/C21H22ClFN2O3/c1-13(25-14(2)26)3-4-16-9-19(23)21(24-11-16)28-20-8-7-17(10-18(20)22)27-12-15-5-6-15/h3-4,7-11,13,15H,5-6,12H2,1-2H3,(H,25,26)/b4-3+/t13-/m0/s1. The second-order valence-electron chi connectivity index (χ2n) is 6.85. The predicted octanol–water partition coefficient (Wildman–Crippen LogP) is 4.99. The fourth-order valence-corrected chi connectivity index (χ4v) is 2.70. The number of carbonyl (C=O) groups excluding carboxylic acids is 1. The van der Waals surface area contributed by atoms with Gasteiger partial charge in [0.15, 0.2) is 5.82 Å². The topological polar surface area (TPSA) is 60.5 Å². The summed E-state index contributed by atoms with van der Waals surface area (Å²) in [5, 5.41) is 3.03. The first-order chi connectivity index (χ1) is 13.4. The van der Waals surface area contributed by atoms with E-state index < -0.39 is 5.82 Å². The average molecular weight is 405 g/mol. The van der Waals surface area contributed by atoms with Gasteiger partial charge in [0.05, 0.1) is 11.6 Å². The van der Waals surface area contributed by atoms with Crippen LogP contribution in [0.1, 0.15) is 32.3 Å². The Morgan fingerprint density at radius 2 is 2.21 bits per heavy atom. The molecule has 1 amide bonds. The maximum absolute atomic E-state index is 14.3. The van der Waals surface area contributed by atoms with Gasteiger partial charge in [0.1, 0.15) is 11.5 Å². The summed E-state index contributed by atoms with van der Waals surface area (Å²) in [4.78, 5) is 15.0. The SMILES string of the molecule is CC(=O)N[C@@H](C)/C=C/c1cnc(Oc2ccc(OCC3CC3)cc2Cl)c(F)c1. The Labute approximate surface area is 168 Å². The predicted molar refractivity (Wildman–Crippen MR) is 106 cm³/mol. The summed E-state index contributed by atoms with van der Waals surface area (Å²) < 4.78 is 25.5. The fourth-order valence-electron chi connectivity index (χ4n) is 2.49. The van der Waals surface area contributed by atoms with Crippen LogP contribution < -0.4 is 14.8 Å². The summed E-state index contributed by atoms with van der Waals surface area (Å²) in [6.07, 6.45) is 7.32. The number of amides is 1. The highest BCUT2D eigenvalue weighted by molar-refractivity contribution is 6.32. The van der Waals surface area contributed by atoms with E-state index in [1.54, 1.807) is 30.4 Å². The molecule has 0 saturated heterocycles. The molecule has 0 radical (unpaired) electrons. The van der Waals surface area contributed by atoms with Gasteiger partial charge in [0.25, 0.3) is 5.88 Å². The van der Waals surface area contributed by atoms with Crippen molar-refractivity contribution in [1.82, 2.24) is 10.3 Å². The number of nitrogens with zero attached hydrogens (tertiary/aromatic N) is 1. The van der Waals surface area contributed by atoms with Gasteiger partial charge in [-0.15, -0.1) is 0 Å². The van der Waals surface area contributed by atoms with E-state index >= 15 is 0 Å². The third-order valence-corrected chi connectivity index (χ3v) is 4.42. The second-order valence-corrected chi connectivity index (χ2v) is 7.26. The van der Waals surface area contributed by atoms with Crippen molar-refractivity contribution in [3.05, 3.63) is 52.9 Å². The van der Waals surface area contributed by atoms with Crippen LogP contribution in [0.4, 0.5) is 4.39 Å². The van der Waals surface area contributed by atoms with Gasteiger partial charge < -0.3 is 14.8 Å². The van der Waals surface area contributed by atoms with E-state index in [-0.39, 0.29) is 17.8 Å². The van der Waals surface area contributed by atoms with Gasteiger partial charge in [0, 0.05) is 25.2 Å². The van der Waals surface area contributed by atoms with Crippen molar-refractivity contribution in [1.29, 1.82) is 0 Å². The molecule has 1 aliphatic rings. The van der Waals surface area contributed by atoms with Crippen molar-refractivity contribution >= 4 is 23.6 Å². The molecule has 0 aliphatic heterocycles. The van der Waals surface area contributed by atoms with Crippen LogP contribution in [0.5, 0.6) is 17.4 Å². The molecule has 148 valence electrons. The molecule has 28 heavy (non-hydrogen) atoms. The average Bonchev–Trinajstić information content (AvgIpc) is 3.46. The fraction of sp³-hybridized carbons (Fsp3) is 0.333. The summed E-state index contributed by atoms with van der Waals surface area (Å²) in [7, 11) is 0. The van der Waals surface area contributed by atoms with Gasteiger partial charge in [-0.3, -0.25) is 4.79 Å². The number of rotatable bonds is 8. The van der Waals surface area contributed by atoms with Crippen LogP contribution in [0, 0.1) is 11.7 Å². The van der Waals surface area contributed by atoms with Crippen LogP contribution in [0.3, 0.4) is 0 Å². The number of ether oxygens (including phenoxy) is 2. The Balaban J connectivity index is 1.63. The van der Waals surface area contributed by atoms with Gasteiger partial charge in [-0.1, -0.05) is 23.8 Å². The highest BCUT2D eigenvalue weighted by Gasteiger charge is 2.22. The number of benzene rings is 1. The van der Waals surface area contributed by atoms with Crippen LogP contribution in [0.25, 0.3) is 6.08 Å². The summed E-state index contributed by atoms with van der Waals surface area (Å²) in [6, 6.07) is 6.16. The van der Waals surface area contributed by atoms with E-state index in [0.29, 0.717) is 34.6 Å². The molecule has 0 unspecified atom stereocenters. The molecular formula is C21H22ClFN2O3. The number of halogens is 2. The van der Waals surface area contributed by atoms with Crippen LogP contribution in [0.2, 0.25) is 5.02 Å². The molecule has 1 aromatic heterocycles. The monoisotopic (exact) mass is 404 g/mol. The Morgan fingerprint density at radius 3 is 2.86 bits per heavy atom. The molecule has 1 saturated carbocycles. The van der Waals surface area contributed by atoms with E-state index in [9.17, 15) is 9.18 Å². The molecule has 7 heteroatoms. The third kappa shape index (κ3) is 5.96. The van der Waals surface area contributed by atoms with Gasteiger partial charge in [-0.2, -0.15) is 0 Å². The zero-order valence-electron chi connectivity index (χ0n) is 15.7. The smallest absolute Gasteiger partial charge is 0.255 e. The van der Waals surface area contributed by atoms with Gasteiger partial charge in [0.2, 0.25) is 5.91 Å². The molecule has 3 rings (SSSR count). The summed E-state index contributed by atoms with van der Waals surface area (Å²) in [6.45, 7) is 3.94. The molecule has 5 nitrogen and oxygen atoms in total. The molecule has 1 N–H and O–H groups in total. The lowest BCUT2D eigenvalue weighted by atomic mass is 10.2. The van der Waals surface area contributed by atoms with E-state index in [0.717, 1.165) is 0 Å². The normalized spacial score (nSPS) is 14.7. The molecular weight excluding hydrogens is 383 g/mol. The van der Waals surface area contributed by atoms with Crippen molar-refractivity contribution in [3.8, 4) is 17.4 Å². The number of hydrogen-bond acceptors (Lipinski definition) is 4. The minimum absolute atomic E-state index is 0.133. The summed E-state index contributed by atoms with van der Waals surface area (Å²) in [5.41, 5.74) is 0.553. The number of pyridine rings is 1. The van der Waals surface area contributed by atoms with Gasteiger partial charge in [-0.05, 0) is 49.4 Å². The lowest BCUT2D eigenvalue weighted by molar-refractivity contribution is -0.119. The molecule has 1 atom stereocenters. The quantitative estimate of drug-likeness (QED) is 0.673. The van der Waals surface area contributed by atoms with E-state index in [2.05, 4.69) is 10.3 Å². The van der Waals surface area contributed by atoms with Crippen LogP contribution in [-0.4, -0.2) is 23.5 Å². The van der Waals surface area contributed by atoms with Crippen molar-refractivity contribution in [2.45, 2.75) is 32.7 Å². The minimum atomic E-state index is -0.612. The molecule has 0 spiro atoms. The Bertz CT molecular complexity index is 884. The third-order valence-electron chi connectivity index (χ3n) is 4.13. The summed E-state index contributed by atoms with van der Waals surface area (Å²) >= 11 is 6.22. The number of aromatic nitrogens is 1. The van der Waals surface area contributed by atoms with Crippen molar-refractivity contribution in [3.63, 3.8) is 0 Å². The molecule has 1 heterocycles. The number of carbonyl (C=O) groups is 1. The number of hydrogen-bond donors (Lipinski definition) is 1. The maximum Gasteiger partial charge on any atom is 0.255 e. The molecule has 2 aromatic rings. The first-order valence-corrected chi connectivity index (χ1v) is 9.49. The first-order valence-electron chi connectivity index (χ1n) is 9.12.